The van der Waals surface area contributed by atoms with E-state index >= 15 is 4.39 Å². The molecule has 6 aromatic rings. The van der Waals surface area contributed by atoms with E-state index in [1.165, 1.54) is 20.1 Å². The molecule has 16 nitrogen and oxygen atoms in total. The molecule has 1 aliphatic carbocycles. The van der Waals surface area contributed by atoms with E-state index in [4.69, 9.17) is 4.74 Å². The number of ether oxygens (including phenoxy) is 1. The number of hydrogen-bond donors (Lipinski definition) is 4. The number of pyridine rings is 3. The fourth-order valence-corrected chi connectivity index (χ4v) is 9.75. The summed E-state index contributed by atoms with van der Waals surface area (Å²) in [6, 6.07) is 20.6. The second kappa shape index (κ2) is 18.9. The second-order valence-electron chi connectivity index (χ2n) is 18.0. The Kier molecular flexibility index (Phi) is 12.4. The lowest BCUT2D eigenvalue weighted by atomic mass is 9.98. The molecular formula is C52H52FN9O7. The average Bonchev–Trinajstić information content (AvgIpc) is 4.17. The number of carbonyl (C=O) groups excluding carboxylic acids is 3. The van der Waals surface area contributed by atoms with Crippen molar-refractivity contribution >= 4 is 57.1 Å². The number of piperidine rings is 1. The number of nitrogens with one attached hydrogen (secondary N) is 3. The van der Waals surface area contributed by atoms with Gasteiger partial charge in [-0.15, -0.1) is 0 Å². The molecule has 3 aromatic heterocycles. The zero-order valence-electron chi connectivity index (χ0n) is 38.2. The highest BCUT2D eigenvalue weighted by atomic mass is 19.1. The fourth-order valence-electron chi connectivity index (χ4n) is 9.75. The van der Waals surface area contributed by atoms with Gasteiger partial charge in [-0.3, -0.25) is 43.7 Å². The number of benzene rings is 3. The first-order chi connectivity index (χ1) is 33.5. The maximum absolute atomic E-state index is 15.4. The molecule has 1 atom stereocenters. The molecule has 0 spiro atoms. The van der Waals surface area contributed by atoms with Crippen molar-refractivity contribution in [3.8, 4) is 16.8 Å². The first-order valence-corrected chi connectivity index (χ1v) is 23.3. The van der Waals surface area contributed by atoms with Gasteiger partial charge in [0, 0.05) is 93.2 Å². The van der Waals surface area contributed by atoms with Gasteiger partial charge >= 0.3 is 0 Å². The summed E-state index contributed by atoms with van der Waals surface area (Å²) >= 11 is 0. The summed E-state index contributed by atoms with van der Waals surface area (Å²) in [5.74, 6) is -0.889. The SMILES string of the molecule is C=C1c2cccc(NCCOCCN3CCN(c4ccc(Nc5cc(-c6cccc(-n7ccc8cc(C9CC9)cc(F)c8c7=O)c6CO)cn(C)c5=O)nc4)CC3)c2C(=O)N1C1CCC(=O)NC1=O. The van der Waals surface area contributed by atoms with Gasteiger partial charge in [0.05, 0.1) is 48.3 Å². The summed E-state index contributed by atoms with van der Waals surface area (Å²) in [5, 5.41) is 20.1. The lowest BCUT2D eigenvalue weighted by Gasteiger charge is -2.35. The molecule has 4 N–H and O–H groups in total. The Labute approximate surface area is 396 Å². The van der Waals surface area contributed by atoms with E-state index in [1.807, 2.05) is 42.5 Å². The van der Waals surface area contributed by atoms with Crippen LogP contribution in [0.2, 0.25) is 0 Å². The number of halogens is 1. The van der Waals surface area contributed by atoms with E-state index in [0.29, 0.717) is 81.8 Å². The topological polar surface area (TPSA) is 183 Å². The molecule has 4 aliphatic rings. The average molecular weight is 934 g/mol. The largest absolute Gasteiger partial charge is 0.392 e. The van der Waals surface area contributed by atoms with Crippen LogP contribution in [0.5, 0.6) is 0 Å². The minimum Gasteiger partial charge on any atom is -0.392 e. The Morgan fingerprint density at radius 2 is 1.70 bits per heavy atom. The number of anilines is 4. The standard InChI is InChI=1S/C52H52FN9O7/c1-31-37-5-3-7-41(48(37)52(68)62(31)44-12-14-46(64)57-49(44)65)54-16-23-69-24-22-59-18-20-60(21-19-59)36-11-13-45(55-28-36)56-42-27-35(29-58(2)50(42)66)38-6-4-8-43(39(38)30-63)61-17-15-33-25-34(32-9-10-32)26-40(53)47(33)51(61)67/h3-8,11,13,15,17,25-29,32,44,54,63H,1,9-10,12,14,16,18-24,30H2,2H3,(H,55,56)(H,57,64,65). The summed E-state index contributed by atoms with van der Waals surface area (Å²) in [5.41, 5.74) is 5.63. The van der Waals surface area contributed by atoms with Gasteiger partial charge in [0.15, 0.2) is 0 Å². The van der Waals surface area contributed by atoms with Crippen LogP contribution in [-0.2, 0) is 28.0 Å². The van der Waals surface area contributed by atoms with Crippen molar-refractivity contribution in [1.29, 1.82) is 0 Å². The molecule has 3 aliphatic heterocycles. The number of carbonyl (C=O) groups is 3. The number of hydrogen-bond acceptors (Lipinski definition) is 12. The minimum absolute atomic E-state index is 0.000117. The Hall–Kier alpha value is -7.47. The molecule has 1 unspecified atom stereocenters. The first-order valence-electron chi connectivity index (χ1n) is 23.3. The first kappa shape index (κ1) is 45.3. The van der Waals surface area contributed by atoms with Crippen molar-refractivity contribution in [3.05, 3.63) is 147 Å². The molecule has 2 saturated heterocycles. The van der Waals surface area contributed by atoms with Crippen molar-refractivity contribution in [2.45, 2.75) is 44.2 Å². The maximum atomic E-state index is 15.4. The number of aromatic nitrogens is 3. The Morgan fingerprint density at radius 3 is 2.45 bits per heavy atom. The molecule has 6 heterocycles. The normalized spacial score (nSPS) is 17.4. The number of aliphatic hydroxyl groups excluding tert-OH is 1. The maximum Gasteiger partial charge on any atom is 0.274 e. The van der Waals surface area contributed by atoms with Gasteiger partial charge in [-0.2, -0.15) is 0 Å². The number of imide groups is 1. The minimum atomic E-state index is -0.780. The van der Waals surface area contributed by atoms with Gasteiger partial charge in [-0.05, 0) is 84.2 Å². The third kappa shape index (κ3) is 8.91. The second-order valence-corrected chi connectivity index (χ2v) is 18.0. The number of fused-ring (bicyclic) bond motifs is 2. The highest BCUT2D eigenvalue weighted by Gasteiger charge is 2.42. The number of aliphatic hydroxyl groups is 1. The van der Waals surface area contributed by atoms with E-state index in [9.17, 15) is 29.1 Å². The van der Waals surface area contributed by atoms with Crippen LogP contribution in [0.3, 0.4) is 0 Å². The third-order valence-electron chi connectivity index (χ3n) is 13.6. The van der Waals surface area contributed by atoms with Gasteiger partial charge in [0.25, 0.3) is 17.0 Å². The smallest absolute Gasteiger partial charge is 0.274 e. The Morgan fingerprint density at radius 1 is 0.899 bits per heavy atom. The van der Waals surface area contributed by atoms with Crippen LogP contribution in [0.4, 0.5) is 27.3 Å². The van der Waals surface area contributed by atoms with Crippen LogP contribution >= 0.6 is 0 Å². The summed E-state index contributed by atoms with van der Waals surface area (Å²) < 4.78 is 24.2. The zero-order chi connectivity index (χ0) is 47.9. The quantitative estimate of drug-likeness (QED) is 0.0753. The van der Waals surface area contributed by atoms with Crippen molar-refractivity contribution in [2.24, 2.45) is 7.05 Å². The number of aryl methyl sites for hydroxylation is 1. The Bertz CT molecular complexity index is 3160. The van der Waals surface area contributed by atoms with Gasteiger partial charge in [-0.25, -0.2) is 9.37 Å². The van der Waals surface area contributed by atoms with E-state index in [2.05, 4.69) is 37.3 Å². The monoisotopic (exact) mass is 933 g/mol. The number of rotatable bonds is 15. The van der Waals surface area contributed by atoms with Gasteiger partial charge in [0.2, 0.25) is 11.8 Å². The zero-order valence-corrected chi connectivity index (χ0v) is 38.2. The number of nitrogens with zero attached hydrogens (tertiary/aromatic N) is 6. The molecule has 0 radical (unpaired) electrons. The highest BCUT2D eigenvalue weighted by Crippen LogP contribution is 2.42. The summed E-state index contributed by atoms with van der Waals surface area (Å²) in [4.78, 5) is 75.6. The van der Waals surface area contributed by atoms with Crippen LogP contribution in [-0.4, -0.2) is 105 Å². The molecule has 10 rings (SSSR count). The summed E-state index contributed by atoms with van der Waals surface area (Å²) in [6.45, 7) is 9.12. The van der Waals surface area contributed by atoms with Gasteiger partial charge < -0.3 is 29.9 Å². The molecule has 69 heavy (non-hydrogen) atoms. The van der Waals surface area contributed by atoms with Crippen LogP contribution in [0.25, 0.3) is 33.3 Å². The molecule has 3 fully saturated rings. The van der Waals surface area contributed by atoms with Crippen LogP contribution in [0, 0.1) is 5.82 Å². The van der Waals surface area contributed by atoms with Crippen molar-refractivity contribution < 1.29 is 28.6 Å². The predicted octanol–water partition coefficient (Wildman–Crippen LogP) is 5.49. The lowest BCUT2D eigenvalue weighted by Crippen LogP contribution is -2.52. The Balaban J connectivity index is 0.721. The van der Waals surface area contributed by atoms with E-state index in [1.54, 1.807) is 49.9 Å². The summed E-state index contributed by atoms with van der Waals surface area (Å²) in [6.07, 6.45) is 7.52. The van der Waals surface area contributed by atoms with E-state index in [0.717, 1.165) is 56.8 Å². The predicted molar refractivity (Wildman–Crippen MR) is 261 cm³/mol. The highest BCUT2D eigenvalue weighted by molar-refractivity contribution is 6.15. The molecule has 354 valence electrons. The van der Waals surface area contributed by atoms with Crippen molar-refractivity contribution in [1.82, 2.24) is 29.2 Å². The van der Waals surface area contributed by atoms with Crippen molar-refractivity contribution in [2.75, 3.05) is 68.0 Å². The van der Waals surface area contributed by atoms with E-state index in [-0.39, 0.29) is 41.3 Å². The molecular weight excluding hydrogens is 882 g/mol. The third-order valence-corrected chi connectivity index (χ3v) is 13.6. The molecule has 3 amide bonds. The number of piperazine rings is 1. The van der Waals surface area contributed by atoms with Crippen LogP contribution in [0.15, 0.2) is 108 Å². The molecule has 0 bridgehead atoms. The molecule has 3 aromatic carbocycles. The van der Waals surface area contributed by atoms with Crippen molar-refractivity contribution in [3.63, 3.8) is 0 Å². The van der Waals surface area contributed by atoms with E-state index < -0.39 is 29.9 Å². The number of amides is 3. The van der Waals surface area contributed by atoms with Gasteiger partial charge in [0.1, 0.15) is 23.4 Å². The molecule has 1 saturated carbocycles. The molecule has 17 heteroatoms. The lowest BCUT2D eigenvalue weighted by molar-refractivity contribution is -0.136. The van der Waals surface area contributed by atoms with Crippen LogP contribution in [0.1, 0.15) is 58.6 Å². The fraction of sp³-hybridized carbons (Fsp3) is 0.308. The summed E-state index contributed by atoms with van der Waals surface area (Å²) in [7, 11) is 1.64. The van der Waals surface area contributed by atoms with Crippen LogP contribution < -0.4 is 32.0 Å². The van der Waals surface area contributed by atoms with Gasteiger partial charge in [-0.1, -0.05) is 36.9 Å².